The number of rotatable bonds is 9. The van der Waals surface area contributed by atoms with Gasteiger partial charge in [-0.2, -0.15) is 0 Å². The van der Waals surface area contributed by atoms with Gasteiger partial charge in [0.2, 0.25) is 5.91 Å². The van der Waals surface area contributed by atoms with E-state index in [0.29, 0.717) is 19.0 Å². The highest BCUT2D eigenvalue weighted by Crippen LogP contribution is 2.19. The number of hydrogen-bond acceptors (Lipinski definition) is 3. The molecule has 3 N–H and O–H groups in total. The first-order valence-corrected chi connectivity index (χ1v) is 10.1. The Hall–Kier alpha value is -2.08. The smallest absolute Gasteiger partial charge is 0.221 e. The highest BCUT2D eigenvalue weighted by Gasteiger charge is 2.24. The summed E-state index contributed by atoms with van der Waals surface area (Å²) in [5.74, 6) is 0.843. The summed E-state index contributed by atoms with van der Waals surface area (Å²) >= 11 is 0. The maximum absolute atomic E-state index is 11.8. The molecule has 1 aliphatic rings. The second-order valence-corrected chi connectivity index (χ2v) is 7.26. The second kappa shape index (κ2) is 11.6. The summed E-state index contributed by atoms with van der Waals surface area (Å²) in [6.45, 7) is 7.68. The first kappa shape index (κ1) is 21.2. The molecule has 1 aliphatic heterocycles. The Labute approximate surface area is 163 Å². The van der Waals surface area contributed by atoms with Gasteiger partial charge in [0, 0.05) is 45.2 Å². The summed E-state index contributed by atoms with van der Waals surface area (Å²) in [6, 6.07) is 11.4. The van der Waals surface area contributed by atoms with Gasteiger partial charge in [-0.1, -0.05) is 37.3 Å². The summed E-state index contributed by atoms with van der Waals surface area (Å²) in [5.41, 5.74) is 1.36. The average molecular weight is 374 g/mol. The van der Waals surface area contributed by atoms with Crippen molar-refractivity contribution in [1.82, 2.24) is 20.9 Å². The molecule has 1 fully saturated rings. The van der Waals surface area contributed by atoms with E-state index in [1.165, 1.54) is 18.4 Å². The van der Waals surface area contributed by atoms with Crippen LogP contribution in [0.3, 0.4) is 0 Å². The predicted octanol–water partition coefficient (Wildman–Crippen LogP) is 2.12. The topological polar surface area (TPSA) is 68.8 Å². The Morgan fingerprint density at radius 2 is 2.07 bits per heavy atom. The quantitative estimate of drug-likeness (QED) is 0.458. The summed E-state index contributed by atoms with van der Waals surface area (Å²) in [5, 5.41) is 9.64. The number of carbonyl (C=O) groups is 1. The van der Waals surface area contributed by atoms with Crippen LogP contribution in [-0.2, 0) is 11.3 Å². The fraction of sp³-hybridized carbons (Fsp3) is 0.619. The van der Waals surface area contributed by atoms with Crippen molar-refractivity contribution in [2.75, 3.05) is 26.7 Å². The third-order valence-electron chi connectivity index (χ3n) is 5.12. The Balaban J connectivity index is 1.70. The van der Waals surface area contributed by atoms with Gasteiger partial charge in [0.1, 0.15) is 0 Å². The molecule has 6 nitrogen and oxygen atoms in total. The molecule has 2 unspecified atom stereocenters. The minimum absolute atomic E-state index is 0.0807. The Morgan fingerprint density at radius 3 is 2.78 bits per heavy atom. The Bertz CT molecular complexity index is 589. The van der Waals surface area contributed by atoms with E-state index in [1.807, 2.05) is 6.92 Å². The molecule has 27 heavy (non-hydrogen) atoms. The van der Waals surface area contributed by atoms with Crippen LogP contribution in [0.25, 0.3) is 0 Å². The molecule has 0 saturated carbocycles. The maximum Gasteiger partial charge on any atom is 0.221 e. The maximum atomic E-state index is 11.8. The summed E-state index contributed by atoms with van der Waals surface area (Å²) in [6.07, 6.45) is 3.84. The number of benzene rings is 1. The van der Waals surface area contributed by atoms with Crippen LogP contribution in [0.5, 0.6) is 0 Å². The van der Waals surface area contributed by atoms with E-state index < -0.39 is 0 Å². The third-order valence-corrected chi connectivity index (χ3v) is 5.12. The van der Waals surface area contributed by atoms with Crippen LogP contribution < -0.4 is 16.0 Å². The van der Waals surface area contributed by atoms with Crippen molar-refractivity contribution in [2.24, 2.45) is 4.99 Å². The van der Waals surface area contributed by atoms with Crippen molar-refractivity contribution in [3.8, 4) is 0 Å². The number of carbonyl (C=O) groups excluding carboxylic acids is 1. The van der Waals surface area contributed by atoms with Gasteiger partial charge in [0.05, 0.1) is 0 Å². The number of guanidine groups is 1. The van der Waals surface area contributed by atoms with Crippen molar-refractivity contribution < 1.29 is 4.79 Å². The summed E-state index contributed by atoms with van der Waals surface area (Å²) in [4.78, 5) is 18.7. The van der Waals surface area contributed by atoms with Crippen LogP contribution in [0.15, 0.2) is 35.3 Å². The Morgan fingerprint density at radius 1 is 1.30 bits per heavy atom. The van der Waals surface area contributed by atoms with Crippen molar-refractivity contribution in [3.63, 3.8) is 0 Å². The van der Waals surface area contributed by atoms with E-state index in [2.05, 4.69) is 63.1 Å². The lowest BCUT2D eigenvalue weighted by atomic mass is 10.2. The van der Waals surface area contributed by atoms with Gasteiger partial charge in [-0.3, -0.25) is 14.7 Å². The molecule has 0 spiro atoms. The van der Waals surface area contributed by atoms with Gasteiger partial charge < -0.3 is 16.0 Å². The van der Waals surface area contributed by atoms with Crippen molar-refractivity contribution in [2.45, 2.75) is 58.2 Å². The first-order valence-electron chi connectivity index (χ1n) is 10.1. The standard InChI is InChI=1S/C21H35N5O/c1-4-17(2)25-20(27)12-13-23-21(22-3)24-15-19-11-8-14-26(19)16-18-9-6-5-7-10-18/h5-7,9-10,17,19H,4,8,11-16H2,1-3H3,(H,25,27)(H2,22,23,24). The fourth-order valence-corrected chi connectivity index (χ4v) is 3.33. The van der Waals surface area contributed by atoms with Crippen LogP contribution in [0.4, 0.5) is 0 Å². The van der Waals surface area contributed by atoms with E-state index in [1.54, 1.807) is 7.05 Å². The van der Waals surface area contributed by atoms with Gasteiger partial charge in [0.25, 0.3) is 0 Å². The van der Waals surface area contributed by atoms with Crippen molar-refractivity contribution >= 4 is 11.9 Å². The zero-order valence-corrected chi connectivity index (χ0v) is 17.0. The van der Waals surface area contributed by atoms with E-state index in [-0.39, 0.29) is 11.9 Å². The molecule has 1 aromatic carbocycles. The summed E-state index contributed by atoms with van der Waals surface area (Å²) < 4.78 is 0. The lowest BCUT2D eigenvalue weighted by Crippen LogP contribution is -2.45. The van der Waals surface area contributed by atoms with Crippen LogP contribution >= 0.6 is 0 Å². The van der Waals surface area contributed by atoms with Gasteiger partial charge in [-0.05, 0) is 38.3 Å². The number of nitrogens with zero attached hydrogens (tertiary/aromatic N) is 2. The van der Waals surface area contributed by atoms with Gasteiger partial charge >= 0.3 is 0 Å². The second-order valence-electron chi connectivity index (χ2n) is 7.26. The van der Waals surface area contributed by atoms with Crippen LogP contribution in [0.2, 0.25) is 0 Å². The lowest BCUT2D eigenvalue weighted by Gasteiger charge is -2.25. The van der Waals surface area contributed by atoms with Crippen molar-refractivity contribution in [1.29, 1.82) is 0 Å². The minimum Gasteiger partial charge on any atom is -0.356 e. The predicted molar refractivity (Wildman–Crippen MR) is 112 cm³/mol. The number of hydrogen-bond donors (Lipinski definition) is 3. The van der Waals surface area contributed by atoms with E-state index in [9.17, 15) is 4.79 Å². The van der Waals surface area contributed by atoms with Crippen LogP contribution in [-0.4, -0.2) is 55.5 Å². The summed E-state index contributed by atoms with van der Waals surface area (Å²) in [7, 11) is 1.77. The highest BCUT2D eigenvalue weighted by molar-refractivity contribution is 5.81. The zero-order chi connectivity index (χ0) is 19.5. The molecular weight excluding hydrogens is 338 g/mol. The molecule has 0 radical (unpaired) electrons. The normalized spacial score (nSPS) is 18.9. The zero-order valence-electron chi connectivity index (χ0n) is 17.0. The molecule has 1 heterocycles. The SMILES string of the molecule is CCC(C)NC(=O)CCNC(=NC)NCC1CCCN1Cc1ccccc1. The third kappa shape index (κ3) is 7.59. The number of aliphatic imine (C=N–C) groups is 1. The highest BCUT2D eigenvalue weighted by atomic mass is 16.1. The number of likely N-dealkylation sites (tertiary alicyclic amines) is 1. The number of amides is 1. The molecular formula is C21H35N5O. The molecule has 150 valence electrons. The van der Waals surface area contributed by atoms with Gasteiger partial charge in [-0.15, -0.1) is 0 Å². The molecule has 2 atom stereocenters. The molecule has 1 aromatic rings. The minimum atomic E-state index is 0.0807. The lowest BCUT2D eigenvalue weighted by molar-refractivity contribution is -0.121. The molecule has 1 amide bonds. The Kier molecular flexibility index (Phi) is 9.11. The van der Waals surface area contributed by atoms with Crippen LogP contribution in [0, 0.1) is 0 Å². The van der Waals surface area contributed by atoms with Crippen molar-refractivity contribution in [3.05, 3.63) is 35.9 Å². The molecule has 1 saturated heterocycles. The molecule has 6 heteroatoms. The molecule has 0 aliphatic carbocycles. The monoisotopic (exact) mass is 373 g/mol. The molecule has 0 bridgehead atoms. The average Bonchev–Trinajstić information content (AvgIpc) is 3.12. The fourth-order valence-electron chi connectivity index (χ4n) is 3.33. The van der Waals surface area contributed by atoms with E-state index in [4.69, 9.17) is 0 Å². The van der Waals surface area contributed by atoms with E-state index in [0.717, 1.165) is 32.0 Å². The largest absolute Gasteiger partial charge is 0.356 e. The molecule has 0 aromatic heterocycles. The van der Waals surface area contributed by atoms with E-state index >= 15 is 0 Å². The van der Waals surface area contributed by atoms with Crippen LogP contribution in [0.1, 0.15) is 45.1 Å². The first-order chi connectivity index (χ1) is 13.1. The van der Waals surface area contributed by atoms with Gasteiger partial charge in [-0.25, -0.2) is 0 Å². The molecule has 2 rings (SSSR count). The van der Waals surface area contributed by atoms with Gasteiger partial charge in [0.15, 0.2) is 5.96 Å². The number of nitrogens with one attached hydrogen (secondary N) is 3.